The average molecular weight is 237 g/mol. The van der Waals surface area contributed by atoms with Gasteiger partial charge in [0.15, 0.2) is 0 Å². The van der Waals surface area contributed by atoms with Gasteiger partial charge in [0.1, 0.15) is 0 Å². The lowest BCUT2D eigenvalue weighted by Crippen LogP contribution is -2.55. The summed E-state index contributed by atoms with van der Waals surface area (Å²) in [6.45, 7) is 10.3. The van der Waals surface area contributed by atoms with Gasteiger partial charge in [-0.1, -0.05) is 27.2 Å². The molecule has 1 heteroatoms. The Morgan fingerprint density at radius 1 is 1.06 bits per heavy atom. The van der Waals surface area contributed by atoms with Gasteiger partial charge in [-0.05, 0) is 61.7 Å². The fourth-order valence-electron chi connectivity index (χ4n) is 5.45. The molecule has 1 aliphatic heterocycles. The fraction of sp³-hybridized carbons (Fsp3) is 1.00. The van der Waals surface area contributed by atoms with Crippen LogP contribution in [0.4, 0.5) is 0 Å². The highest BCUT2D eigenvalue weighted by Gasteiger charge is 2.60. The highest BCUT2D eigenvalue weighted by molar-refractivity contribution is 5.09. The molecule has 0 aromatic carbocycles. The van der Waals surface area contributed by atoms with Gasteiger partial charge in [0, 0.05) is 7.98 Å². The van der Waals surface area contributed by atoms with Gasteiger partial charge < -0.3 is 4.74 Å². The van der Waals surface area contributed by atoms with Crippen molar-refractivity contribution in [2.45, 2.75) is 71.8 Å². The molecule has 98 valence electrons. The van der Waals surface area contributed by atoms with Crippen LogP contribution in [-0.4, -0.2) is 12.2 Å². The molecule has 0 N–H and O–H groups in total. The van der Waals surface area contributed by atoms with Crippen LogP contribution in [0.3, 0.4) is 0 Å². The summed E-state index contributed by atoms with van der Waals surface area (Å²) >= 11 is 0. The molecule has 0 bridgehead atoms. The average Bonchev–Trinajstić information content (AvgIpc) is 2.55. The van der Waals surface area contributed by atoms with Crippen LogP contribution in [-0.2, 0) is 4.74 Å². The van der Waals surface area contributed by atoms with Crippen molar-refractivity contribution in [1.29, 1.82) is 0 Å². The third-order valence-corrected chi connectivity index (χ3v) is 6.24. The Morgan fingerprint density at radius 2 is 1.82 bits per heavy atom. The Bertz CT molecular complexity index is 366. The van der Waals surface area contributed by atoms with Crippen LogP contribution in [0.1, 0.15) is 67.6 Å². The van der Waals surface area contributed by atoms with Crippen LogP contribution < -0.4 is 0 Å². The first-order valence-corrected chi connectivity index (χ1v) is 7.39. The first kappa shape index (κ1) is 10.8. The van der Waals surface area contributed by atoms with E-state index in [9.17, 15) is 1.37 Å². The molecule has 0 aromatic rings. The molecule has 0 amide bonds. The summed E-state index contributed by atoms with van der Waals surface area (Å²) < 4.78 is 15.3. The molecule has 0 spiro atoms. The molecule has 1 saturated heterocycles. The predicted molar refractivity (Wildman–Crippen MR) is 70.9 cm³/mol. The van der Waals surface area contributed by atoms with Crippen molar-refractivity contribution < 1.29 is 6.11 Å². The lowest BCUT2D eigenvalue weighted by atomic mass is 9.46. The van der Waals surface area contributed by atoms with E-state index in [4.69, 9.17) is 4.74 Å². The maximum absolute atomic E-state index is 9.21. The quantitative estimate of drug-likeness (QED) is 0.606. The van der Waals surface area contributed by atoms with E-state index in [0.29, 0.717) is 11.3 Å². The van der Waals surface area contributed by atoms with Crippen LogP contribution >= 0.6 is 0 Å². The van der Waals surface area contributed by atoms with E-state index in [1.54, 1.807) is 0 Å². The van der Waals surface area contributed by atoms with E-state index in [2.05, 4.69) is 27.7 Å². The van der Waals surface area contributed by atoms with Gasteiger partial charge in [-0.2, -0.15) is 0 Å². The van der Waals surface area contributed by atoms with Gasteiger partial charge in [-0.3, -0.25) is 0 Å². The van der Waals surface area contributed by atoms with Crippen molar-refractivity contribution in [1.82, 2.24) is 0 Å². The lowest BCUT2D eigenvalue weighted by molar-refractivity contribution is -0.147. The number of rotatable bonds is 0. The minimum absolute atomic E-state index is 0.151. The summed E-state index contributed by atoms with van der Waals surface area (Å²) in [5.41, 5.74) is 0.370. The number of fused-ring (bicyclic) bond motifs is 3. The molecular formula is C16H28O. The molecule has 4 atom stereocenters. The van der Waals surface area contributed by atoms with Crippen LogP contribution in [0, 0.1) is 22.6 Å². The minimum Gasteiger partial charge on any atom is -0.375 e. The van der Waals surface area contributed by atoms with E-state index in [-0.39, 0.29) is 16.9 Å². The highest BCUT2D eigenvalue weighted by atomic mass is 16.5. The molecule has 2 saturated carbocycles. The highest BCUT2D eigenvalue weighted by Crippen LogP contribution is 2.64. The van der Waals surface area contributed by atoms with Gasteiger partial charge >= 0.3 is 0 Å². The third-order valence-electron chi connectivity index (χ3n) is 6.24. The molecule has 0 aromatic heterocycles. The molecule has 3 fully saturated rings. The third kappa shape index (κ3) is 1.54. The predicted octanol–water partition coefficient (Wildman–Crippen LogP) is 4.41. The second-order valence-corrected chi connectivity index (χ2v) is 7.66. The van der Waals surface area contributed by atoms with Crippen molar-refractivity contribution in [3.05, 3.63) is 0 Å². The Labute approximate surface area is 108 Å². The van der Waals surface area contributed by atoms with Crippen LogP contribution in [0.25, 0.3) is 0 Å². The molecule has 1 heterocycles. The zero-order valence-corrected chi connectivity index (χ0v) is 11.9. The largest absolute Gasteiger partial charge is 0.375 e. The topological polar surface area (TPSA) is 9.23 Å². The molecule has 0 unspecified atom stereocenters. The van der Waals surface area contributed by atoms with E-state index >= 15 is 0 Å². The van der Waals surface area contributed by atoms with Crippen molar-refractivity contribution in [3.8, 4) is 0 Å². The smallest absolute Gasteiger partial charge is 0.0688 e. The molecule has 3 rings (SSSR count). The number of hydrogen-bond donors (Lipinski definition) is 0. The van der Waals surface area contributed by atoms with Crippen molar-refractivity contribution in [3.63, 3.8) is 0 Å². The summed E-state index contributed by atoms with van der Waals surface area (Å²) in [5.74, 6) is 0.340. The Kier molecular flexibility index (Phi) is 2.23. The summed E-state index contributed by atoms with van der Waals surface area (Å²) in [6.07, 6.45) is 7.12. The van der Waals surface area contributed by atoms with Crippen molar-refractivity contribution >= 4 is 0 Å². The molecule has 3 aliphatic rings. The first-order valence-electron chi connectivity index (χ1n) is 7.89. The second kappa shape index (κ2) is 3.50. The van der Waals surface area contributed by atoms with Gasteiger partial charge in [0.05, 0.1) is 5.60 Å². The minimum atomic E-state index is -0.361. The van der Waals surface area contributed by atoms with Gasteiger partial charge in [0.25, 0.3) is 0 Å². The second-order valence-electron chi connectivity index (χ2n) is 7.66. The lowest BCUT2D eigenvalue weighted by Gasteiger charge is -2.60. The molecule has 0 radical (unpaired) electrons. The maximum Gasteiger partial charge on any atom is 0.0688 e. The summed E-state index contributed by atoms with van der Waals surface area (Å²) in [7, 11) is 0. The van der Waals surface area contributed by atoms with Gasteiger partial charge in [-0.15, -0.1) is 0 Å². The van der Waals surface area contributed by atoms with Crippen molar-refractivity contribution in [2.75, 3.05) is 6.61 Å². The SMILES string of the molecule is [2H][C@]12CCO[C@]1(C)CC[C@H]1C(C)(C)CCC[C@@]12C. The van der Waals surface area contributed by atoms with Crippen LogP contribution in [0.2, 0.25) is 0 Å². The molecule has 1 nitrogen and oxygen atoms in total. The van der Waals surface area contributed by atoms with E-state index in [1.165, 1.54) is 25.7 Å². The molecule has 17 heavy (non-hydrogen) atoms. The fourth-order valence-corrected chi connectivity index (χ4v) is 5.45. The Balaban J connectivity index is 2.07. The van der Waals surface area contributed by atoms with E-state index < -0.39 is 0 Å². The Hall–Kier alpha value is -0.0400. The maximum atomic E-state index is 9.21. The normalized spacial score (nSPS) is 58.1. The Morgan fingerprint density at radius 3 is 2.59 bits per heavy atom. The summed E-state index contributed by atoms with van der Waals surface area (Å²) in [4.78, 5) is 0. The van der Waals surface area contributed by atoms with Crippen LogP contribution in [0.15, 0.2) is 0 Å². The van der Waals surface area contributed by atoms with Crippen LogP contribution in [0.5, 0.6) is 0 Å². The van der Waals surface area contributed by atoms with Gasteiger partial charge in [-0.25, -0.2) is 0 Å². The first-order chi connectivity index (χ1) is 8.25. The zero-order valence-electron chi connectivity index (χ0n) is 12.9. The standard InChI is InChI=1S/C16H28O/c1-14(2)8-5-9-15(3)12(14)6-10-16(4)13(15)7-11-17-16/h12-13H,5-11H2,1-4H3/t12-,13+,15-,16+/m0/s1/i13D. The van der Waals surface area contributed by atoms with E-state index in [1.807, 2.05) is 0 Å². The summed E-state index contributed by atoms with van der Waals surface area (Å²) in [5, 5.41) is 0. The monoisotopic (exact) mass is 237 g/mol. The number of hydrogen-bond acceptors (Lipinski definition) is 1. The van der Waals surface area contributed by atoms with Gasteiger partial charge in [0.2, 0.25) is 0 Å². The number of ether oxygens (including phenoxy) is 1. The summed E-state index contributed by atoms with van der Waals surface area (Å²) in [6, 6.07) is 0. The molecule has 2 aliphatic carbocycles. The zero-order chi connectivity index (χ0) is 13.2. The van der Waals surface area contributed by atoms with Crippen molar-refractivity contribution in [2.24, 2.45) is 22.6 Å². The molecular weight excluding hydrogens is 208 g/mol. The van der Waals surface area contributed by atoms with E-state index in [0.717, 1.165) is 19.4 Å².